The summed E-state index contributed by atoms with van der Waals surface area (Å²) in [7, 11) is 0. The lowest BCUT2D eigenvalue weighted by molar-refractivity contribution is -0.121. The Kier molecular flexibility index (Phi) is 4.54. The average molecular weight is 214 g/mol. The van der Waals surface area contributed by atoms with Crippen molar-refractivity contribution < 1.29 is 9.90 Å². The zero-order chi connectivity index (χ0) is 11.3. The molecule has 0 aromatic carbocycles. The first-order chi connectivity index (χ1) is 7.08. The van der Waals surface area contributed by atoms with Gasteiger partial charge in [-0.1, -0.05) is 13.8 Å². The van der Waals surface area contributed by atoms with E-state index in [1.165, 1.54) is 0 Å². The lowest BCUT2D eigenvalue weighted by atomic mass is 10.1. The Morgan fingerprint density at radius 1 is 1.47 bits per heavy atom. The van der Waals surface area contributed by atoms with Gasteiger partial charge in [0.2, 0.25) is 5.91 Å². The molecule has 88 valence electrons. The topological polar surface area (TPSA) is 61.4 Å². The molecule has 15 heavy (non-hydrogen) atoms. The fourth-order valence-electron chi connectivity index (χ4n) is 1.42. The number of hydrogen-bond donors (Lipinski definition) is 3. The zero-order valence-electron chi connectivity index (χ0n) is 9.68. The van der Waals surface area contributed by atoms with Gasteiger partial charge >= 0.3 is 0 Å². The van der Waals surface area contributed by atoms with Crippen molar-refractivity contribution in [3.05, 3.63) is 0 Å². The van der Waals surface area contributed by atoms with Crippen molar-refractivity contribution in [1.29, 1.82) is 0 Å². The third kappa shape index (κ3) is 4.62. The van der Waals surface area contributed by atoms with Crippen molar-refractivity contribution in [2.45, 2.75) is 39.2 Å². The summed E-state index contributed by atoms with van der Waals surface area (Å²) in [6, 6.07) is 0.421. The summed E-state index contributed by atoms with van der Waals surface area (Å²) in [5.74, 6) is 0.0721. The number of aliphatic hydroxyl groups excluding tert-OH is 1. The molecule has 4 heteroatoms. The second kappa shape index (κ2) is 5.47. The molecular formula is C11H22N2O2. The fourth-order valence-corrected chi connectivity index (χ4v) is 1.42. The number of carbonyl (C=O) groups excluding carboxylic acids is 1. The molecule has 0 saturated heterocycles. The average Bonchev–Trinajstić information content (AvgIpc) is 2.95. The molecule has 0 aromatic rings. The molecule has 0 aromatic heterocycles. The third-order valence-electron chi connectivity index (χ3n) is 2.86. The summed E-state index contributed by atoms with van der Waals surface area (Å²) in [6.45, 7) is 5.66. The van der Waals surface area contributed by atoms with Gasteiger partial charge < -0.3 is 15.7 Å². The predicted molar refractivity (Wildman–Crippen MR) is 59.5 cm³/mol. The van der Waals surface area contributed by atoms with Crippen molar-refractivity contribution >= 4 is 5.91 Å². The molecule has 3 N–H and O–H groups in total. The summed E-state index contributed by atoms with van der Waals surface area (Å²) >= 11 is 0. The second-order valence-corrected chi connectivity index (χ2v) is 4.79. The van der Waals surface area contributed by atoms with Crippen molar-refractivity contribution in [2.24, 2.45) is 5.41 Å². The molecule has 1 aliphatic carbocycles. The van der Waals surface area contributed by atoms with Gasteiger partial charge in [0.05, 0.1) is 6.61 Å². The highest BCUT2D eigenvalue weighted by atomic mass is 16.3. The highest BCUT2D eigenvalue weighted by Crippen LogP contribution is 2.44. The van der Waals surface area contributed by atoms with Crippen LogP contribution in [0.15, 0.2) is 0 Å². The number of carbonyl (C=O) groups is 1. The summed E-state index contributed by atoms with van der Waals surface area (Å²) in [6.07, 6.45) is 2.59. The van der Waals surface area contributed by atoms with Crippen LogP contribution in [0.3, 0.4) is 0 Å². The minimum absolute atomic E-state index is 0.0150. The van der Waals surface area contributed by atoms with Crippen LogP contribution < -0.4 is 10.6 Å². The Hall–Kier alpha value is -0.610. The van der Waals surface area contributed by atoms with E-state index in [9.17, 15) is 4.79 Å². The number of hydrogen-bond acceptors (Lipinski definition) is 3. The minimum atomic E-state index is 0.0150. The summed E-state index contributed by atoms with van der Waals surface area (Å²) in [5, 5.41) is 15.1. The van der Waals surface area contributed by atoms with Gasteiger partial charge in [-0.05, 0) is 12.8 Å². The third-order valence-corrected chi connectivity index (χ3v) is 2.86. The zero-order valence-corrected chi connectivity index (χ0v) is 9.68. The maximum atomic E-state index is 11.4. The first-order valence-electron chi connectivity index (χ1n) is 5.69. The van der Waals surface area contributed by atoms with Crippen LogP contribution in [0.1, 0.15) is 33.1 Å². The van der Waals surface area contributed by atoms with Crippen molar-refractivity contribution in [1.82, 2.24) is 10.6 Å². The van der Waals surface area contributed by atoms with Gasteiger partial charge in [0.25, 0.3) is 0 Å². The molecule has 1 aliphatic rings. The summed E-state index contributed by atoms with van der Waals surface area (Å²) < 4.78 is 0. The molecule has 1 saturated carbocycles. The van der Waals surface area contributed by atoms with E-state index in [0.29, 0.717) is 19.0 Å². The smallest absolute Gasteiger partial charge is 0.221 e. The van der Waals surface area contributed by atoms with Crippen LogP contribution in [0.25, 0.3) is 0 Å². The summed E-state index contributed by atoms with van der Waals surface area (Å²) in [5.41, 5.74) is 0.0150. The molecule has 0 atom stereocenters. The predicted octanol–water partition coefficient (Wildman–Crippen LogP) is 0.263. The molecule has 0 heterocycles. The Balaban J connectivity index is 2.04. The highest BCUT2D eigenvalue weighted by molar-refractivity contribution is 5.76. The number of amides is 1. The largest absolute Gasteiger partial charge is 0.396 e. The van der Waals surface area contributed by atoms with Gasteiger partial charge in [0, 0.05) is 31.0 Å². The molecule has 0 unspecified atom stereocenters. The van der Waals surface area contributed by atoms with Gasteiger partial charge in [-0.3, -0.25) is 4.79 Å². The molecule has 1 fully saturated rings. The quantitative estimate of drug-likeness (QED) is 0.570. The molecule has 0 radical (unpaired) electrons. The molecule has 0 aliphatic heterocycles. The van der Waals surface area contributed by atoms with E-state index in [2.05, 4.69) is 24.5 Å². The molecule has 1 amide bonds. The van der Waals surface area contributed by atoms with Gasteiger partial charge in [-0.15, -0.1) is 0 Å². The van der Waals surface area contributed by atoms with Gasteiger partial charge in [-0.2, -0.15) is 0 Å². The van der Waals surface area contributed by atoms with E-state index in [1.54, 1.807) is 0 Å². The molecule has 0 bridgehead atoms. The van der Waals surface area contributed by atoms with Crippen LogP contribution in [-0.4, -0.2) is 36.8 Å². The summed E-state index contributed by atoms with van der Waals surface area (Å²) in [4.78, 5) is 11.4. The lowest BCUT2D eigenvalue weighted by Gasteiger charge is -2.13. The molecule has 4 nitrogen and oxygen atoms in total. The van der Waals surface area contributed by atoms with E-state index in [0.717, 1.165) is 19.4 Å². The van der Waals surface area contributed by atoms with Crippen LogP contribution in [0.5, 0.6) is 0 Å². The van der Waals surface area contributed by atoms with E-state index in [1.807, 2.05) is 0 Å². The van der Waals surface area contributed by atoms with E-state index >= 15 is 0 Å². The highest BCUT2D eigenvalue weighted by Gasteiger charge is 2.41. The minimum Gasteiger partial charge on any atom is -0.396 e. The van der Waals surface area contributed by atoms with Gasteiger partial charge in [-0.25, -0.2) is 0 Å². The van der Waals surface area contributed by atoms with Crippen LogP contribution in [0.2, 0.25) is 0 Å². The van der Waals surface area contributed by atoms with Crippen LogP contribution in [0, 0.1) is 5.41 Å². The SMILES string of the molecule is CC(C)NCCC(=O)NCC1(CO)CC1. The Morgan fingerprint density at radius 3 is 2.60 bits per heavy atom. The molecule has 0 spiro atoms. The standard InChI is InChI=1S/C11H22N2O2/c1-9(2)12-6-3-10(15)13-7-11(8-14)4-5-11/h9,12,14H,3-8H2,1-2H3,(H,13,15). The second-order valence-electron chi connectivity index (χ2n) is 4.79. The molecule has 1 rings (SSSR count). The monoisotopic (exact) mass is 214 g/mol. The van der Waals surface area contributed by atoms with Gasteiger partial charge in [0.15, 0.2) is 0 Å². The Labute approximate surface area is 91.4 Å². The normalized spacial score (nSPS) is 17.9. The van der Waals surface area contributed by atoms with Crippen LogP contribution in [0.4, 0.5) is 0 Å². The number of nitrogens with one attached hydrogen (secondary N) is 2. The maximum Gasteiger partial charge on any atom is 0.221 e. The van der Waals surface area contributed by atoms with Gasteiger partial charge in [0.1, 0.15) is 0 Å². The maximum absolute atomic E-state index is 11.4. The van der Waals surface area contributed by atoms with Crippen molar-refractivity contribution in [3.63, 3.8) is 0 Å². The molecular weight excluding hydrogens is 192 g/mol. The van der Waals surface area contributed by atoms with Crippen molar-refractivity contribution in [2.75, 3.05) is 19.7 Å². The first kappa shape index (κ1) is 12.5. The lowest BCUT2D eigenvalue weighted by Crippen LogP contribution is -2.34. The van der Waals surface area contributed by atoms with Crippen LogP contribution >= 0.6 is 0 Å². The Morgan fingerprint density at radius 2 is 2.13 bits per heavy atom. The Bertz CT molecular complexity index is 213. The van der Waals surface area contributed by atoms with Crippen molar-refractivity contribution in [3.8, 4) is 0 Å². The van der Waals surface area contributed by atoms with E-state index in [4.69, 9.17) is 5.11 Å². The fraction of sp³-hybridized carbons (Fsp3) is 0.909. The van der Waals surface area contributed by atoms with Crippen LogP contribution in [-0.2, 0) is 4.79 Å². The van der Waals surface area contributed by atoms with E-state index in [-0.39, 0.29) is 17.9 Å². The first-order valence-corrected chi connectivity index (χ1v) is 5.69. The van der Waals surface area contributed by atoms with E-state index < -0.39 is 0 Å². The number of rotatable bonds is 7. The number of aliphatic hydroxyl groups is 1.